The molecule has 0 radical (unpaired) electrons. The minimum Gasteiger partial charge on any atom is -0.393 e. The second-order valence-electron chi connectivity index (χ2n) is 6.50. The molecule has 5 atom stereocenters. The highest BCUT2D eigenvalue weighted by Crippen LogP contribution is 2.34. The van der Waals surface area contributed by atoms with Gasteiger partial charge >= 0.3 is 0 Å². The van der Waals surface area contributed by atoms with E-state index in [0.717, 1.165) is 19.1 Å². The standard InChI is InChI=1S/C17H30O4/c1-3-4-5-6-7-12(2)15(19)9-8-13-14(11-18)17(21)10-16(13)20/h11-14,16-17,20-21H,3-10H2,1-2H3/t12?,13-,14+,16-,17+/m1/s1. The summed E-state index contributed by atoms with van der Waals surface area (Å²) in [6, 6.07) is 0. The second kappa shape index (κ2) is 9.31. The van der Waals surface area contributed by atoms with Crippen molar-refractivity contribution >= 4 is 12.1 Å². The molecule has 0 aromatic rings. The molecule has 1 fully saturated rings. The highest BCUT2D eigenvalue weighted by Gasteiger charge is 2.41. The van der Waals surface area contributed by atoms with Crippen molar-refractivity contribution in [2.75, 3.05) is 0 Å². The first-order valence-electron chi connectivity index (χ1n) is 8.35. The van der Waals surface area contributed by atoms with Crippen molar-refractivity contribution in [3.8, 4) is 0 Å². The van der Waals surface area contributed by atoms with Crippen LogP contribution in [0.2, 0.25) is 0 Å². The highest BCUT2D eigenvalue weighted by molar-refractivity contribution is 5.80. The molecule has 2 N–H and O–H groups in total. The Hall–Kier alpha value is -0.740. The van der Waals surface area contributed by atoms with Crippen molar-refractivity contribution in [2.45, 2.75) is 77.4 Å². The summed E-state index contributed by atoms with van der Waals surface area (Å²) in [4.78, 5) is 23.1. The molecule has 4 heteroatoms. The average Bonchev–Trinajstić information content (AvgIpc) is 2.73. The lowest BCUT2D eigenvalue weighted by atomic mass is 9.87. The number of carbonyl (C=O) groups excluding carboxylic acids is 2. The summed E-state index contributed by atoms with van der Waals surface area (Å²) in [5.41, 5.74) is 0. The van der Waals surface area contributed by atoms with Gasteiger partial charge in [0.2, 0.25) is 0 Å². The minimum absolute atomic E-state index is 0.0556. The number of aliphatic hydroxyl groups is 2. The summed E-state index contributed by atoms with van der Waals surface area (Å²) in [7, 11) is 0. The molecule has 21 heavy (non-hydrogen) atoms. The fraction of sp³-hybridized carbons (Fsp3) is 0.882. The maximum Gasteiger partial charge on any atom is 0.135 e. The Bertz CT molecular complexity index is 329. The van der Waals surface area contributed by atoms with Crippen LogP contribution in [0.1, 0.15) is 65.2 Å². The lowest BCUT2D eigenvalue weighted by Crippen LogP contribution is -2.25. The zero-order valence-corrected chi connectivity index (χ0v) is 13.3. The largest absolute Gasteiger partial charge is 0.393 e. The summed E-state index contributed by atoms with van der Waals surface area (Å²) in [5.74, 6) is -0.522. The first kappa shape index (κ1) is 18.3. The van der Waals surface area contributed by atoms with E-state index in [1.165, 1.54) is 19.3 Å². The highest BCUT2D eigenvalue weighted by atomic mass is 16.3. The van der Waals surface area contributed by atoms with Crippen LogP contribution in [0.3, 0.4) is 0 Å². The van der Waals surface area contributed by atoms with Crippen molar-refractivity contribution in [1.29, 1.82) is 0 Å². The van der Waals surface area contributed by atoms with E-state index in [0.29, 0.717) is 12.8 Å². The van der Waals surface area contributed by atoms with Gasteiger partial charge in [-0.15, -0.1) is 0 Å². The van der Waals surface area contributed by atoms with Crippen LogP contribution < -0.4 is 0 Å². The normalized spacial score (nSPS) is 30.3. The predicted octanol–water partition coefficient (Wildman–Crippen LogP) is 2.50. The number of unbranched alkanes of at least 4 members (excludes halogenated alkanes) is 3. The Balaban J connectivity index is 2.33. The van der Waals surface area contributed by atoms with Gasteiger partial charge in [-0.1, -0.05) is 39.5 Å². The molecule has 0 heterocycles. The van der Waals surface area contributed by atoms with Crippen LogP contribution in [0.5, 0.6) is 0 Å². The van der Waals surface area contributed by atoms with Crippen LogP contribution in [0.15, 0.2) is 0 Å². The van der Waals surface area contributed by atoms with E-state index < -0.39 is 18.1 Å². The van der Waals surface area contributed by atoms with E-state index >= 15 is 0 Å². The zero-order chi connectivity index (χ0) is 15.8. The van der Waals surface area contributed by atoms with Gasteiger partial charge in [0.05, 0.1) is 12.2 Å². The molecule has 0 saturated heterocycles. The Morgan fingerprint density at radius 1 is 1.24 bits per heavy atom. The van der Waals surface area contributed by atoms with Crippen molar-refractivity contribution < 1.29 is 19.8 Å². The molecule has 1 aliphatic carbocycles. The van der Waals surface area contributed by atoms with E-state index in [9.17, 15) is 19.8 Å². The van der Waals surface area contributed by atoms with Crippen LogP contribution in [0, 0.1) is 17.8 Å². The molecular weight excluding hydrogens is 268 g/mol. The zero-order valence-electron chi connectivity index (χ0n) is 13.3. The lowest BCUT2D eigenvalue weighted by Gasteiger charge is -2.19. The maximum absolute atomic E-state index is 12.1. The van der Waals surface area contributed by atoms with E-state index in [4.69, 9.17) is 0 Å². The van der Waals surface area contributed by atoms with Gasteiger partial charge < -0.3 is 15.0 Å². The van der Waals surface area contributed by atoms with Gasteiger partial charge in [-0.3, -0.25) is 4.79 Å². The average molecular weight is 298 g/mol. The molecule has 0 bridgehead atoms. The number of aliphatic hydroxyl groups excluding tert-OH is 2. The number of Topliss-reactive ketones (excluding diaryl/α,β-unsaturated/α-hetero) is 1. The van der Waals surface area contributed by atoms with E-state index in [1.807, 2.05) is 6.92 Å². The third-order valence-electron chi connectivity index (χ3n) is 4.84. The number of hydrogen-bond donors (Lipinski definition) is 2. The Morgan fingerprint density at radius 3 is 2.57 bits per heavy atom. The summed E-state index contributed by atoms with van der Waals surface area (Å²) in [6.45, 7) is 4.13. The molecule has 1 aliphatic rings. The topological polar surface area (TPSA) is 74.6 Å². The number of ketones is 1. The van der Waals surface area contributed by atoms with E-state index in [2.05, 4.69) is 6.92 Å². The van der Waals surface area contributed by atoms with Crippen molar-refractivity contribution in [2.24, 2.45) is 17.8 Å². The van der Waals surface area contributed by atoms with Gasteiger partial charge in [0, 0.05) is 24.7 Å². The predicted molar refractivity (Wildman–Crippen MR) is 81.8 cm³/mol. The lowest BCUT2D eigenvalue weighted by molar-refractivity contribution is -0.123. The number of carbonyl (C=O) groups is 2. The molecule has 1 saturated carbocycles. The van der Waals surface area contributed by atoms with Crippen molar-refractivity contribution in [1.82, 2.24) is 0 Å². The van der Waals surface area contributed by atoms with Gasteiger partial charge in [0.25, 0.3) is 0 Å². The van der Waals surface area contributed by atoms with Crippen LogP contribution in [-0.4, -0.2) is 34.5 Å². The van der Waals surface area contributed by atoms with Gasteiger partial charge in [-0.05, 0) is 18.8 Å². The Kier molecular flexibility index (Phi) is 8.12. The first-order chi connectivity index (χ1) is 10.0. The Morgan fingerprint density at radius 2 is 1.95 bits per heavy atom. The van der Waals surface area contributed by atoms with E-state index in [-0.39, 0.29) is 24.0 Å². The maximum atomic E-state index is 12.1. The second-order valence-corrected chi connectivity index (χ2v) is 6.50. The molecular formula is C17H30O4. The molecule has 0 aromatic carbocycles. The van der Waals surface area contributed by atoms with Crippen LogP contribution in [-0.2, 0) is 9.59 Å². The first-order valence-corrected chi connectivity index (χ1v) is 8.35. The molecule has 1 unspecified atom stereocenters. The molecule has 1 rings (SSSR count). The van der Waals surface area contributed by atoms with Gasteiger partial charge in [0.1, 0.15) is 12.1 Å². The fourth-order valence-corrected chi connectivity index (χ4v) is 3.29. The monoisotopic (exact) mass is 298 g/mol. The summed E-state index contributed by atoms with van der Waals surface area (Å²) in [6.07, 6.45) is 6.04. The molecule has 122 valence electrons. The molecule has 0 aliphatic heterocycles. The molecule has 0 amide bonds. The van der Waals surface area contributed by atoms with Crippen LogP contribution >= 0.6 is 0 Å². The molecule has 0 aromatic heterocycles. The summed E-state index contributed by atoms with van der Waals surface area (Å²) in [5, 5.41) is 19.6. The summed E-state index contributed by atoms with van der Waals surface area (Å²) >= 11 is 0. The molecule has 4 nitrogen and oxygen atoms in total. The van der Waals surface area contributed by atoms with Crippen LogP contribution in [0.4, 0.5) is 0 Å². The third kappa shape index (κ3) is 5.51. The fourth-order valence-electron chi connectivity index (χ4n) is 3.29. The van der Waals surface area contributed by atoms with Crippen LogP contribution in [0.25, 0.3) is 0 Å². The van der Waals surface area contributed by atoms with Gasteiger partial charge in [-0.25, -0.2) is 0 Å². The number of rotatable bonds is 10. The number of hydrogen-bond acceptors (Lipinski definition) is 4. The Labute approximate surface area is 127 Å². The smallest absolute Gasteiger partial charge is 0.135 e. The van der Waals surface area contributed by atoms with E-state index in [1.54, 1.807) is 0 Å². The number of aldehydes is 1. The van der Waals surface area contributed by atoms with Crippen molar-refractivity contribution in [3.63, 3.8) is 0 Å². The van der Waals surface area contributed by atoms with Gasteiger partial charge in [0.15, 0.2) is 0 Å². The molecule has 0 spiro atoms. The van der Waals surface area contributed by atoms with Crippen molar-refractivity contribution in [3.05, 3.63) is 0 Å². The van der Waals surface area contributed by atoms with Gasteiger partial charge in [-0.2, -0.15) is 0 Å². The SMILES string of the molecule is CCCCCCC(C)C(=O)CC[C@@H]1[C@H](C=O)[C@@H](O)C[C@H]1O. The third-order valence-corrected chi connectivity index (χ3v) is 4.84. The summed E-state index contributed by atoms with van der Waals surface area (Å²) < 4.78 is 0. The quantitative estimate of drug-likeness (QED) is 0.480. The minimum atomic E-state index is -0.760.